The summed E-state index contributed by atoms with van der Waals surface area (Å²) in [4.78, 5) is 0. The maximum atomic E-state index is 5.96. The molecule has 0 spiro atoms. The molecular weight excluding hydrogens is 124 g/mol. The van der Waals surface area contributed by atoms with Crippen molar-refractivity contribution in [1.29, 1.82) is 0 Å². The number of nitrogens with two attached hydrogens (primary N) is 1. The minimum absolute atomic E-state index is 0.446. The van der Waals surface area contributed by atoms with Gasteiger partial charge in [0.05, 0.1) is 0 Å². The minimum Gasteiger partial charge on any atom is -0.326 e. The topological polar surface area (TPSA) is 38.0 Å². The van der Waals surface area contributed by atoms with Crippen LogP contribution in [0.25, 0.3) is 0 Å². The first-order valence-corrected chi connectivity index (χ1v) is 4.34. The highest BCUT2D eigenvalue weighted by atomic mass is 14.9. The molecule has 1 aliphatic heterocycles. The van der Waals surface area contributed by atoms with Gasteiger partial charge in [-0.15, -0.1) is 0 Å². The van der Waals surface area contributed by atoms with Gasteiger partial charge in [0.25, 0.3) is 0 Å². The Labute approximate surface area is 62.2 Å². The molecule has 2 nitrogen and oxygen atoms in total. The van der Waals surface area contributed by atoms with Crippen LogP contribution < -0.4 is 11.1 Å². The first kappa shape index (κ1) is 6.62. The summed E-state index contributed by atoms with van der Waals surface area (Å²) in [5.74, 6) is 1.75. The Morgan fingerprint density at radius 2 is 2.10 bits per heavy atom. The van der Waals surface area contributed by atoms with Gasteiger partial charge >= 0.3 is 0 Å². The maximum absolute atomic E-state index is 5.96. The molecule has 0 bridgehead atoms. The Morgan fingerprint density at radius 3 is 2.90 bits per heavy atom. The Hall–Kier alpha value is -0.0800. The van der Waals surface area contributed by atoms with Crippen molar-refractivity contribution in [1.82, 2.24) is 5.32 Å². The third kappa shape index (κ3) is 0.956. The molecule has 0 aromatic carbocycles. The van der Waals surface area contributed by atoms with Crippen molar-refractivity contribution in [3.8, 4) is 0 Å². The van der Waals surface area contributed by atoms with E-state index in [0.717, 1.165) is 18.4 Å². The molecule has 0 aromatic rings. The van der Waals surface area contributed by atoms with Gasteiger partial charge in [0.2, 0.25) is 0 Å². The van der Waals surface area contributed by atoms with Crippen molar-refractivity contribution in [2.45, 2.75) is 25.3 Å². The number of hydrogen-bond acceptors (Lipinski definition) is 2. The van der Waals surface area contributed by atoms with Crippen molar-refractivity contribution in [2.75, 3.05) is 13.1 Å². The van der Waals surface area contributed by atoms with Crippen molar-refractivity contribution >= 4 is 0 Å². The van der Waals surface area contributed by atoms with Crippen molar-refractivity contribution in [3.05, 3.63) is 0 Å². The second-order valence-electron chi connectivity index (χ2n) is 3.68. The van der Waals surface area contributed by atoms with Gasteiger partial charge in [-0.25, -0.2) is 0 Å². The predicted molar refractivity (Wildman–Crippen MR) is 41.7 cm³/mol. The zero-order valence-corrected chi connectivity index (χ0v) is 6.34. The van der Waals surface area contributed by atoms with E-state index < -0.39 is 0 Å². The quantitative estimate of drug-likeness (QED) is 0.509. The predicted octanol–water partition coefficient (Wildman–Crippen LogP) is 0.333. The van der Waals surface area contributed by atoms with Crippen LogP contribution >= 0.6 is 0 Å². The lowest BCUT2D eigenvalue weighted by Gasteiger charge is -2.31. The molecule has 1 saturated carbocycles. The summed E-state index contributed by atoms with van der Waals surface area (Å²) < 4.78 is 0. The molecule has 0 aromatic heterocycles. The van der Waals surface area contributed by atoms with Gasteiger partial charge in [0.15, 0.2) is 0 Å². The Balaban J connectivity index is 2.03. The molecule has 3 N–H and O–H groups in total. The van der Waals surface area contributed by atoms with E-state index in [1.54, 1.807) is 0 Å². The van der Waals surface area contributed by atoms with Crippen LogP contribution in [0.15, 0.2) is 0 Å². The fourth-order valence-corrected chi connectivity index (χ4v) is 2.47. The molecule has 2 rings (SSSR count). The van der Waals surface area contributed by atoms with Crippen LogP contribution in [0.1, 0.15) is 19.3 Å². The molecule has 2 aliphatic rings. The average molecular weight is 140 g/mol. The fourth-order valence-electron chi connectivity index (χ4n) is 2.47. The molecule has 58 valence electrons. The summed E-state index contributed by atoms with van der Waals surface area (Å²) >= 11 is 0. The van der Waals surface area contributed by atoms with Crippen molar-refractivity contribution < 1.29 is 0 Å². The molecule has 1 heterocycles. The average Bonchev–Trinajstić information content (AvgIpc) is 2.36. The van der Waals surface area contributed by atoms with Gasteiger partial charge in [-0.05, 0) is 31.2 Å². The second-order valence-corrected chi connectivity index (χ2v) is 3.68. The lowest BCUT2D eigenvalue weighted by Crippen LogP contribution is -2.49. The van der Waals surface area contributed by atoms with E-state index in [-0.39, 0.29) is 0 Å². The van der Waals surface area contributed by atoms with Crippen LogP contribution in [0, 0.1) is 11.8 Å². The van der Waals surface area contributed by atoms with Crippen LogP contribution in [-0.2, 0) is 0 Å². The molecule has 1 aliphatic carbocycles. The minimum atomic E-state index is 0.446. The van der Waals surface area contributed by atoms with Crippen molar-refractivity contribution in [2.24, 2.45) is 17.6 Å². The molecule has 3 unspecified atom stereocenters. The van der Waals surface area contributed by atoms with Gasteiger partial charge < -0.3 is 11.1 Å². The molecule has 1 saturated heterocycles. The molecular formula is C8H16N2. The van der Waals surface area contributed by atoms with Crippen LogP contribution in [0.4, 0.5) is 0 Å². The second kappa shape index (κ2) is 2.51. The monoisotopic (exact) mass is 140 g/mol. The Morgan fingerprint density at radius 1 is 1.20 bits per heavy atom. The lowest BCUT2D eigenvalue weighted by molar-refractivity contribution is 0.258. The zero-order valence-electron chi connectivity index (χ0n) is 6.34. The van der Waals surface area contributed by atoms with Gasteiger partial charge in [0.1, 0.15) is 0 Å². The molecule has 3 atom stereocenters. The summed E-state index contributed by atoms with van der Waals surface area (Å²) in [6.45, 7) is 2.26. The summed E-state index contributed by atoms with van der Waals surface area (Å²) in [5, 5.41) is 3.38. The summed E-state index contributed by atoms with van der Waals surface area (Å²) in [5.41, 5.74) is 5.96. The van der Waals surface area contributed by atoms with Crippen LogP contribution in [-0.4, -0.2) is 19.1 Å². The van der Waals surface area contributed by atoms with Crippen LogP contribution in [0.2, 0.25) is 0 Å². The number of fused-ring (bicyclic) bond motifs is 1. The highest BCUT2D eigenvalue weighted by Gasteiger charge is 2.34. The maximum Gasteiger partial charge on any atom is 0.0197 e. The molecule has 0 amide bonds. The highest BCUT2D eigenvalue weighted by Crippen LogP contribution is 2.34. The first-order valence-electron chi connectivity index (χ1n) is 4.34. The summed E-state index contributed by atoms with van der Waals surface area (Å²) in [6, 6.07) is 0.446. The molecule has 10 heavy (non-hydrogen) atoms. The van der Waals surface area contributed by atoms with Gasteiger partial charge in [-0.1, -0.05) is 6.42 Å². The zero-order chi connectivity index (χ0) is 6.97. The third-order valence-electron chi connectivity index (χ3n) is 3.05. The highest BCUT2D eigenvalue weighted by molar-refractivity contribution is 4.90. The molecule has 0 radical (unpaired) electrons. The van der Waals surface area contributed by atoms with E-state index in [1.165, 1.54) is 25.8 Å². The Bertz CT molecular complexity index is 124. The summed E-state index contributed by atoms with van der Waals surface area (Å²) in [6.07, 6.45) is 4.20. The smallest absolute Gasteiger partial charge is 0.0197 e. The Kier molecular flexibility index (Phi) is 1.66. The van der Waals surface area contributed by atoms with Gasteiger partial charge in [0, 0.05) is 12.6 Å². The van der Waals surface area contributed by atoms with E-state index in [9.17, 15) is 0 Å². The SMILES string of the molecule is NC1CNCC2CCCC12. The van der Waals surface area contributed by atoms with Gasteiger partial charge in [-0.3, -0.25) is 0 Å². The standard InChI is InChI=1S/C8H16N2/c9-8-5-10-4-6-2-1-3-7(6)8/h6-8,10H,1-5,9H2. The molecule has 2 fully saturated rings. The number of hydrogen-bond donors (Lipinski definition) is 2. The number of nitrogens with one attached hydrogen (secondary N) is 1. The van der Waals surface area contributed by atoms with E-state index in [2.05, 4.69) is 5.32 Å². The van der Waals surface area contributed by atoms with E-state index in [0.29, 0.717) is 6.04 Å². The largest absolute Gasteiger partial charge is 0.326 e. The van der Waals surface area contributed by atoms with E-state index in [1.807, 2.05) is 0 Å². The number of rotatable bonds is 0. The fraction of sp³-hybridized carbons (Fsp3) is 1.00. The van der Waals surface area contributed by atoms with Crippen LogP contribution in [0.3, 0.4) is 0 Å². The van der Waals surface area contributed by atoms with E-state index >= 15 is 0 Å². The first-order chi connectivity index (χ1) is 4.88. The summed E-state index contributed by atoms with van der Waals surface area (Å²) in [7, 11) is 0. The number of piperidine rings is 1. The third-order valence-corrected chi connectivity index (χ3v) is 3.05. The normalized spacial score (nSPS) is 47.1. The van der Waals surface area contributed by atoms with Crippen LogP contribution in [0.5, 0.6) is 0 Å². The van der Waals surface area contributed by atoms with E-state index in [4.69, 9.17) is 5.73 Å². The molecule has 2 heteroatoms. The van der Waals surface area contributed by atoms with Gasteiger partial charge in [-0.2, -0.15) is 0 Å². The van der Waals surface area contributed by atoms with Crippen molar-refractivity contribution in [3.63, 3.8) is 0 Å². The lowest BCUT2D eigenvalue weighted by atomic mass is 9.86.